The molecule has 0 radical (unpaired) electrons. The van der Waals surface area contributed by atoms with Crippen molar-refractivity contribution in [3.63, 3.8) is 0 Å². The molecule has 2 aliphatic rings. The van der Waals surface area contributed by atoms with Crippen LogP contribution in [0.1, 0.15) is 67.7 Å². The van der Waals surface area contributed by atoms with Gasteiger partial charge in [-0.05, 0) is 70.8 Å². The van der Waals surface area contributed by atoms with Crippen LogP contribution in [0.2, 0.25) is 0 Å². The normalized spacial score (nSPS) is 24.1. The van der Waals surface area contributed by atoms with E-state index in [2.05, 4.69) is 16.3 Å². The largest absolute Gasteiger partial charge is 0.465 e. The Morgan fingerprint density at radius 3 is 2.81 bits per heavy atom. The summed E-state index contributed by atoms with van der Waals surface area (Å²) >= 11 is 1.64. The molecule has 0 bridgehead atoms. The van der Waals surface area contributed by atoms with Crippen LogP contribution in [0.15, 0.2) is 12.1 Å². The Morgan fingerprint density at radius 2 is 2.04 bits per heavy atom. The number of esters is 1. The van der Waals surface area contributed by atoms with E-state index in [0.717, 1.165) is 43.8 Å². The molecule has 6 heteroatoms. The highest BCUT2D eigenvalue weighted by molar-refractivity contribution is 7.12. The van der Waals surface area contributed by atoms with Crippen LogP contribution in [0.25, 0.3) is 0 Å². The molecular weight excluding hydrogens is 360 g/mol. The van der Waals surface area contributed by atoms with Crippen molar-refractivity contribution in [3.05, 3.63) is 21.9 Å². The summed E-state index contributed by atoms with van der Waals surface area (Å²) in [4.78, 5) is 16.9. The Morgan fingerprint density at radius 1 is 1.26 bits per heavy atom. The topological polar surface area (TPSA) is 61.8 Å². The molecule has 2 aliphatic heterocycles. The van der Waals surface area contributed by atoms with Gasteiger partial charge in [-0.2, -0.15) is 0 Å². The second kappa shape index (κ2) is 10.6. The summed E-state index contributed by atoms with van der Waals surface area (Å²) in [6.45, 7) is 4.97. The fourth-order valence-electron chi connectivity index (χ4n) is 4.24. The predicted molar refractivity (Wildman–Crippen MR) is 109 cm³/mol. The van der Waals surface area contributed by atoms with Crippen molar-refractivity contribution in [2.75, 3.05) is 26.2 Å². The zero-order valence-electron chi connectivity index (χ0n) is 16.5. The quantitative estimate of drug-likeness (QED) is 0.695. The van der Waals surface area contributed by atoms with Gasteiger partial charge in [0.15, 0.2) is 0 Å². The van der Waals surface area contributed by atoms with Crippen molar-refractivity contribution < 1.29 is 14.6 Å². The Labute approximate surface area is 167 Å². The third-order valence-electron chi connectivity index (χ3n) is 5.70. The zero-order chi connectivity index (χ0) is 19.1. The molecule has 2 saturated heterocycles. The average Bonchev–Trinajstić information content (AvgIpc) is 2.99. The molecule has 0 aliphatic carbocycles. The summed E-state index contributed by atoms with van der Waals surface area (Å²) in [7, 11) is 0. The summed E-state index contributed by atoms with van der Waals surface area (Å²) in [5, 5.41) is 14.7. The third-order valence-corrected chi connectivity index (χ3v) is 6.87. The fourth-order valence-corrected chi connectivity index (χ4v) is 5.35. The van der Waals surface area contributed by atoms with Gasteiger partial charge in [0.2, 0.25) is 0 Å². The monoisotopic (exact) mass is 394 g/mol. The van der Waals surface area contributed by atoms with Crippen LogP contribution in [0, 0.1) is 0 Å². The maximum Gasteiger partial charge on any atom is 0.326 e. The SMILES string of the molecule is CCOC(=O)C(C(O)c1ccc(CC2CCCCCN2)s1)N1CCCCC1. The summed E-state index contributed by atoms with van der Waals surface area (Å²) in [5.74, 6) is -0.299. The van der Waals surface area contributed by atoms with Gasteiger partial charge in [0.25, 0.3) is 0 Å². The van der Waals surface area contributed by atoms with Gasteiger partial charge >= 0.3 is 5.97 Å². The lowest BCUT2D eigenvalue weighted by Crippen LogP contribution is -2.48. The highest BCUT2D eigenvalue weighted by Gasteiger charge is 2.36. The minimum Gasteiger partial charge on any atom is -0.465 e. The summed E-state index contributed by atoms with van der Waals surface area (Å²) in [6.07, 6.45) is 8.62. The molecule has 3 atom stereocenters. The second-order valence-corrected chi connectivity index (χ2v) is 8.95. The lowest BCUT2D eigenvalue weighted by molar-refractivity contribution is -0.155. The van der Waals surface area contributed by atoms with Gasteiger partial charge in [0, 0.05) is 15.8 Å². The molecule has 0 spiro atoms. The first-order valence-corrected chi connectivity index (χ1v) is 11.4. The van der Waals surface area contributed by atoms with Crippen LogP contribution in [-0.2, 0) is 16.0 Å². The van der Waals surface area contributed by atoms with Crippen LogP contribution in [-0.4, -0.2) is 54.3 Å². The number of carbonyl (C=O) groups excluding carboxylic acids is 1. The molecular formula is C21H34N2O3S. The Balaban J connectivity index is 1.68. The first-order chi connectivity index (χ1) is 13.2. The third kappa shape index (κ3) is 5.76. The Kier molecular flexibility index (Phi) is 8.12. The number of nitrogens with zero attached hydrogens (tertiary/aromatic N) is 1. The van der Waals surface area contributed by atoms with Gasteiger partial charge in [0.05, 0.1) is 6.61 Å². The number of hydrogen-bond acceptors (Lipinski definition) is 6. The van der Waals surface area contributed by atoms with Crippen LogP contribution in [0.3, 0.4) is 0 Å². The number of hydrogen-bond donors (Lipinski definition) is 2. The highest BCUT2D eigenvalue weighted by atomic mass is 32.1. The molecule has 2 fully saturated rings. The lowest BCUT2D eigenvalue weighted by Gasteiger charge is -2.35. The fraction of sp³-hybridized carbons (Fsp3) is 0.762. The van der Waals surface area contributed by atoms with E-state index in [1.165, 1.54) is 37.0 Å². The molecule has 152 valence electrons. The molecule has 0 aromatic carbocycles. The molecule has 1 aromatic heterocycles. The second-order valence-electron chi connectivity index (χ2n) is 7.75. The summed E-state index contributed by atoms with van der Waals surface area (Å²) in [6, 6.07) is 4.05. The van der Waals surface area contributed by atoms with Crippen LogP contribution >= 0.6 is 11.3 Å². The van der Waals surface area contributed by atoms with Crippen molar-refractivity contribution in [2.45, 2.75) is 76.5 Å². The van der Waals surface area contributed by atoms with E-state index in [4.69, 9.17) is 4.74 Å². The number of aliphatic hydroxyl groups is 1. The summed E-state index contributed by atoms with van der Waals surface area (Å²) < 4.78 is 5.30. The highest BCUT2D eigenvalue weighted by Crippen LogP contribution is 2.31. The number of ether oxygens (including phenoxy) is 1. The number of aliphatic hydroxyl groups excluding tert-OH is 1. The Hall–Kier alpha value is -0.950. The maximum atomic E-state index is 12.6. The number of thiophene rings is 1. The van der Waals surface area contributed by atoms with Gasteiger partial charge in [-0.15, -0.1) is 11.3 Å². The number of carbonyl (C=O) groups is 1. The molecule has 5 nitrogen and oxygen atoms in total. The van der Waals surface area contributed by atoms with Gasteiger partial charge in [-0.25, -0.2) is 0 Å². The number of likely N-dealkylation sites (tertiary alicyclic amines) is 1. The minimum absolute atomic E-state index is 0.299. The number of rotatable bonds is 7. The van der Waals surface area contributed by atoms with Crippen molar-refractivity contribution in [1.29, 1.82) is 0 Å². The van der Waals surface area contributed by atoms with Crippen LogP contribution in [0.5, 0.6) is 0 Å². The number of nitrogens with one attached hydrogen (secondary N) is 1. The van der Waals surface area contributed by atoms with Crippen LogP contribution < -0.4 is 5.32 Å². The lowest BCUT2D eigenvalue weighted by atomic mass is 10.0. The molecule has 3 rings (SSSR count). The molecule has 3 unspecified atom stereocenters. The zero-order valence-corrected chi connectivity index (χ0v) is 17.3. The van der Waals surface area contributed by atoms with Gasteiger partial charge in [0.1, 0.15) is 12.1 Å². The van der Waals surface area contributed by atoms with E-state index in [1.54, 1.807) is 11.3 Å². The smallest absolute Gasteiger partial charge is 0.326 e. The molecule has 0 saturated carbocycles. The molecule has 2 N–H and O–H groups in total. The number of piperidine rings is 1. The first-order valence-electron chi connectivity index (χ1n) is 10.6. The van der Waals surface area contributed by atoms with E-state index in [-0.39, 0.29) is 5.97 Å². The van der Waals surface area contributed by atoms with E-state index in [1.807, 2.05) is 13.0 Å². The van der Waals surface area contributed by atoms with Crippen LogP contribution in [0.4, 0.5) is 0 Å². The summed E-state index contributed by atoms with van der Waals surface area (Å²) in [5.41, 5.74) is 0. The van der Waals surface area contributed by atoms with Crippen molar-refractivity contribution in [2.24, 2.45) is 0 Å². The Bertz CT molecular complexity index is 578. The van der Waals surface area contributed by atoms with E-state index in [9.17, 15) is 9.90 Å². The molecule has 3 heterocycles. The van der Waals surface area contributed by atoms with Gasteiger partial charge in [-0.3, -0.25) is 9.69 Å². The van der Waals surface area contributed by atoms with E-state index in [0.29, 0.717) is 12.6 Å². The van der Waals surface area contributed by atoms with Crippen molar-refractivity contribution in [3.8, 4) is 0 Å². The van der Waals surface area contributed by atoms with Gasteiger partial charge < -0.3 is 15.2 Å². The molecule has 27 heavy (non-hydrogen) atoms. The van der Waals surface area contributed by atoms with E-state index < -0.39 is 12.1 Å². The minimum atomic E-state index is -0.817. The van der Waals surface area contributed by atoms with Gasteiger partial charge in [-0.1, -0.05) is 19.3 Å². The standard InChI is InChI=1S/C21H34N2O3S/c1-2-26-21(25)19(23-13-7-4-8-14-23)20(24)18-11-10-17(27-18)15-16-9-5-3-6-12-22-16/h10-11,16,19-20,22,24H,2-9,12-15H2,1H3. The van der Waals surface area contributed by atoms with Crippen molar-refractivity contribution in [1.82, 2.24) is 10.2 Å². The predicted octanol–water partition coefficient (Wildman–Crippen LogP) is 3.27. The molecule has 1 aromatic rings. The average molecular weight is 395 g/mol. The molecule has 0 amide bonds. The van der Waals surface area contributed by atoms with Crippen molar-refractivity contribution >= 4 is 17.3 Å². The maximum absolute atomic E-state index is 12.6. The van der Waals surface area contributed by atoms with E-state index >= 15 is 0 Å². The first kappa shape index (κ1) is 20.8.